The molecule has 1 rings (SSSR count). The van der Waals surface area contributed by atoms with Crippen molar-refractivity contribution in [2.24, 2.45) is 11.1 Å². The first kappa shape index (κ1) is 16.5. The lowest BCUT2D eigenvalue weighted by Gasteiger charge is -2.28. The van der Waals surface area contributed by atoms with Gasteiger partial charge in [0.1, 0.15) is 5.75 Å². The molecule has 2 atom stereocenters. The normalized spacial score (nSPS) is 14.6. The monoisotopic (exact) mass is 278 g/mol. The molecule has 20 heavy (non-hydrogen) atoms. The van der Waals surface area contributed by atoms with Crippen LogP contribution in [0.3, 0.4) is 0 Å². The number of hydrogen-bond donors (Lipinski definition) is 2. The summed E-state index contributed by atoms with van der Waals surface area (Å²) < 4.78 is 5.35. The van der Waals surface area contributed by atoms with Crippen molar-refractivity contribution in [1.82, 2.24) is 5.32 Å². The van der Waals surface area contributed by atoms with Crippen LogP contribution in [0.1, 0.15) is 44.9 Å². The van der Waals surface area contributed by atoms with E-state index < -0.39 is 6.04 Å². The minimum Gasteiger partial charge on any atom is -0.496 e. The summed E-state index contributed by atoms with van der Waals surface area (Å²) in [4.78, 5) is 12.2. The molecule has 1 unspecified atom stereocenters. The Labute approximate surface area is 121 Å². The Morgan fingerprint density at radius 3 is 2.45 bits per heavy atom. The first-order valence-electron chi connectivity index (χ1n) is 6.87. The van der Waals surface area contributed by atoms with Gasteiger partial charge in [0.15, 0.2) is 0 Å². The second kappa shape index (κ2) is 6.27. The van der Waals surface area contributed by atoms with E-state index in [4.69, 9.17) is 10.5 Å². The van der Waals surface area contributed by atoms with Gasteiger partial charge >= 0.3 is 0 Å². The second-order valence-corrected chi connectivity index (χ2v) is 6.32. The van der Waals surface area contributed by atoms with Crippen LogP contribution in [0.25, 0.3) is 0 Å². The quantitative estimate of drug-likeness (QED) is 0.889. The SMILES string of the molecule is COc1ccc(C)cc1C(C)NC(=O)[C@@H](N)C(C)(C)C. The third-order valence-corrected chi connectivity index (χ3v) is 3.43. The first-order chi connectivity index (χ1) is 9.16. The molecule has 0 saturated carbocycles. The smallest absolute Gasteiger partial charge is 0.237 e. The zero-order valence-electron chi connectivity index (χ0n) is 13.3. The van der Waals surface area contributed by atoms with Gasteiger partial charge in [0.2, 0.25) is 5.91 Å². The number of aryl methyl sites for hydroxylation is 1. The third kappa shape index (κ3) is 3.97. The van der Waals surface area contributed by atoms with Gasteiger partial charge in [-0.2, -0.15) is 0 Å². The Balaban J connectivity index is 2.89. The average molecular weight is 278 g/mol. The van der Waals surface area contributed by atoms with Crippen LogP contribution in [0.5, 0.6) is 5.75 Å². The topological polar surface area (TPSA) is 64.3 Å². The summed E-state index contributed by atoms with van der Waals surface area (Å²) in [5, 5.41) is 2.96. The van der Waals surface area contributed by atoms with Crippen molar-refractivity contribution in [2.75, 3.05) is 7.11 Å². The number of carbonyl (C=O) groups excluding carboxylic acids is 1. The molecule has 0 aliphatic rings. The van der Waals surface area contributed by atoms with Crippen molar-refractivity contribution in [3.63, 3.8) is 0 Å². The van der Waals surface area contributed by atoms with Gasteiger partial charge in [0.05, 0.1) is 19.2 Å². The van der Waals surface area contributed by atoms with Crippen molar-refractivity contribution in [3.05, 3.63) is 29.3 Å². The maximum absolute atomic E-state index is 12.2. The lowest BCUT2D eigenvalue weighted by molar-refractivity contribution is -0.125. The largest absolute Gasteiger partial charge is 0.496 e. The Morgan fingerprint density at radius 2 is 1.95 bits per heavy atom. The highest BCUT2D eigenvalue weighted by Crippen LogP contribution is 2.26. The predicted molar refractivity (Wildman–Crippen MR) is 81.7 cm³/mol. The van der Waals surface area contributed by atoms with Crippen LogP contribution in [0.4, 0.5) is 0 Å². The fraction of sp³-hybridized carbons (Fsp3) is 0.562. The van der Waals surface area contributed by atoms with Crippen LogP contribution in [0, 0.1) is 12.3 Å². The Bertz CT molecular complexity index is 478. The van der Waals surface area contributed by atoms with E-state index in [0.717, 1.165) is 16.9 Å². The first-order valence-corrected chi connectivity index (χ1v) is 6.87. The van der Waals surface area contributed by atoms with Crippen LogP contribution in [-0.2, 0) is 4.79 Å². The molecule has 1 amide bonds. The van der Waals surface area contributed by atoms with Crippen molar-refractivity contribution in [3.8, 4) is 5.75 Å². The molecule has 4 nitrogen and oxygen atoms in total. The number of methoxy groups -OCH3 is 1. The molecular weight excluding hydrogens is 252 g/mol. The van der Waals surface area contributed by atoms with Gasteiger partial charge in [0.25, 0.3) is 0 Å². The van der Waals surface area contributed by atoms with Gasteiger partial charge in [-0.3, -0.25) is 4.79 Å². The number of benzene rings is 1. The van der Waals surface area contributed by atoms with Crippen LogP contribution in [0.15, 0.2) is 18.2 Å². The Morgan fingerprint density at radius 1 is 1.35 bits per heavy atom. The molecule has 3 N–H and O–H groups in total. The van der Waals surface area contributed by atoms with E-state index in [0.29, 0.717) is 0 Å². The number of nitrogens with one attached hydrogen (secondary N) is 1. The van der Waals surface area contributed by atoms with E-state index in [1.165, 1.54) is 0 Å². The summed E-state index contributed by atoms with van der Waals surface area (Å²) in [7, 11) is 1.63. The van der Waals surface area contributed by atoms with Gasteiger partial charge in [-0.25, -0.2) is 0 Å². The van der Waals surface area contributed by atoms with E-state index in [2.05, 4.69) is 5.32 Å². The molecule has 1 aromatic carbocycles. The number of amides is 1. The average Bonchev–Trinajstić information content (AvgIpc) is 2.36. The van der Waals surface area contributed by atoms with Crippen LogP contribution < -0.4 is 15.8 Å². The second-order valence-electron chi connectivity index (χ2n) is 6.32. The highest BCUT2D eigenvalue weighted by atomic mass is 16.5. The number of ether oxygens (including phenoxy) is 1. The van der Waals surface area contributed by atoms with Crippen molar-refractivity contribution < 1.29 is 9.53 Å². The number of nitrogens with two attached hydrogens (primary N) is 1. The predicted octanol–water partition coefficient (Wildman–Crippen LogP) is 2.55. The molecule has 0 saturated heterocycles. The van der Waals surface area contributed by atoms with Crippen molar-refractivity contribution in [1.29, 1.82) is 0 Å². The highest BCUT2D eigenvalue weighted by molar-refractivity contribution is 5.82. The summed E-state index contributed by atoms with van der Waals surface area (Å²) >= 11 is 0. The molecule has 0 bridgehead atoms. The zero-order valence-corrected chi connectivity index (χ0v) is 13.3. The van der Waals surface area contributed by atoms with Gasteiger partial charge in [-0.15, -0.1) is 0 Å². The number of hydrogen-bond acceptors (Lipinski definition) is 3. The molecule has 1 aromatic rings. The van der Waals surface area contributed by atoms with E-state index in [1.807, 2.05) is 52.8 Å². The fourth-order valence-electron chi connectivity index (χ4n) is 1.97. The summed E-state index contributed by atoms with van der Waals surface area (Å²) in [6, 6.07) is 5.23. The summed E-state index contributed by atoms with van der Waals surface area (Å²) in [5.74, 6) is 0.626. The van der Waals surface area contributed by atoms with E-state index >= 15 is 0 Å². The van der Waals surface area contributed by atoms with Crippen LogP contribution in [0.2, 0.25) is 0 Å². The highest BCUT2D eigenvalue weighted by Gasteiger charge is 2.28. The molecule has 0 aliphatic heterocycles. The molecule has 0 fully saturated rings. The molecule has 0 aromatic heterocycles. The maximum atomic E-state index is 12.2. The molecule has 4 heteroatoms. The van der Waals surface area contributed by atoms with E-state index in [1.54, 1.807) is 7.11 Å². The van der Waals surface area contributed by atoms with Gasteiger partial charge in [-0.1, -0.05) is 38.5 Å². The zero-order chi connectivity index (χ0) is 15.5. The lowest BCUT2D eigenvalue weighted by atomic mass is 9.86. The maximum Gasteiger partial charge on any atom is 0.237 e. The molecule has 0 radical (unpaired) electrons. The van der Waals surface area contributed by atoms with Gasteiger partial charge in [-0.05, 0) is 25.3 Å². The summed E-state index contributed by atoms with van der Waals surface area (Å²) in [5.41, 5.74) is 7.80. The Kier molecular flexibility index (Phi) is 5.17. The minimum absolute atomic E-state index is 0.145. The Hall–Kier alpha value is -1.55. The molecule has 0 aliphatic carbocycles. The van der Waals surface area contributed by atoms with E-state index in [-0.39, 0.29) is 17.4 Å². The summed E-state index contributed by atoms with van der Waals surface area (Å²) in [6.07, 6.45) is 0. The third-order valence-electron chi connectivity index (χ3n) is 3.43. The summed E-state index contributed by atoms with van der Waals surface area (Å²) in [6.45, 7) is 9.81. The van der Waals surface area contributed by atoms with E-state index in [9.17, 15) is 4.79 Å². The standard InChI is InChI=1S/C16H26N2O2/c1-10-7-8-13(20-6)12(9-10)11(2)18-15(19)14(17)16(3,4)5/h7-9,11,14H,17H2,1-6H3,(H,18,19)/t11?,14-/m1/s1. The minimum atomic E-state index is -0.541. The van der Waals surface area contributed by atoms with Gasteiger partial charge in [0, 0.05) is 5.56 Å². The van der Waals surface area contributed by atoms with Gasteiger partial charge < -0.3 is 15.8 Å². The van der Waals surface area contributed by atoms with Crippen molar-refractivity contribution >= 4 is 5.91 Å². The molecular formula is C16H26N2O2. The van der Waals surface area contributed by atoms with Crippen LogP contribution >= 0.6 is 0 Å². The lowest BCUT2D eigenvalue weighted by Crippen LogP contribution is -2.49. The fourth-order valence-corrected chi connectivity index (χ4v) is 1.97. The van der Waals surface area contributed by atoms with Crippen molar-refractivity contribution in [2.45, 2.75) is 46.7 Å². The van der Waals surface area contributed by atoms with Crippen LogP contribution in [-0.4, -0.2) is 19.1 Å². The number of carbonyl (C=O) groups is 1. The molecule has 112 valence electrons. The molecule has 0 heterocycles. The molecule has 0 spiro atoms. The number of rotatable bonds is 4.